The van der Waals surface area contributed by atoms with Crippen molar-refractivity contribution in [3.05, 3.63) is 29.8 Å². The molecular weight excluding hydrogens is 150 g/mol. The maximum absolute atomic E-state index is 10.7. The topological polar surface area (TPSA) is 43.1 Å². The summed E-state index contributed by atoms with van der Waals surface area (Å²) in [5, 5.41) is 0. The summed E-state index contributed by atoms with van der Waals surface area (Å²) in [4.78, 5) is 10.7. The predicted octanol–water partition coefficient (Wildman–Crippen LogP) is 1.75. The maximum atomic E-state index is 10.7. The summed E-state index contributed by atoms with van der Waals surface area (Å²) in [6.07, 6.45) is 0.932. The number of benzene rings is 1. The average Bonchev–Trinajstić information content (AvgIpc) is 2.05. The molecule has 0 bridgehead atoms. The fourth-order valence-corrected chi connectivity index (χ4v) is 1.01. The second-order valence-electron chi connectivity index (χ2n) is 3.47. The van der Waals surface area contributed by atoms with Crippen molar-refractivity contribution in [3.63, 3.8) is 0 Å². The molecule has 0 aliphatic heterocycles. The molecule has 0 aliphatic rings. The van der Waals surface area contributed by atoms with Crippen LogP contribution in [0.25, 0.3) is 0 Å². The zero-order valence-corrected chi connectivity index (χ0v) is 7.37. The van der Waals surface area contributed by atoms with E-state index in [4.69, 9.17) is 5.73 Å². The van der Waals surface area contributed by atoms with Gasteiger partial charge in [0.15, 0.2) is 0 Å². The fourth-order valence-electron chi connectivity index (χ4n) is 1.01. The number of hydrogen-bond acceptors (Lipinski definition) is 2. The Labute approximate surface area is 72.4 Å². The molecule has 0 radical (unpaired) electrons. The molecule has 0 atom stereocenters. The van der Waals surface area contributed by atoms with Crippen LogP contribution in [0.5, 0.6) is 0 Å². The first kappa shape index (κ1) is 8.78. The van der Waals surface area contributed by atoms with E-state index in [1.807, 2.05) is 38.1 Å². The number of carbonyl (C=O) groups is 1. The molecule has 0 spiro atoms. The van der Waals surface area contributed by atoms with E-state index in [0.29, 0.717) is 5.69 Å². The lowest BCUT2D eigenvalue weighted by atomic mass is 9.86. The minimum Gasteiger partial charge on any atom is -0.399 e. The lowest BCUT2D eigenvalue weighted by Crippen LogP contribution is -2.18. The summed E-state index contributed by atoms with van der Waals surface area (Å²) >= 11 is 0. The van der Waals surface area contributed by atoms with Gasteiger partial charge in [-0.05, 0) is 31.5 Å². The van der Waals surface area contributed by atoms with Gasteiger partial charge in [0.2, 0.25) is 0 Å². The Bertz CT molecular complexity index is 292. The molecule has 1 aromatic rings. The van der Waals surface area contributed by atoms with Gasteiger partial charge in [0.25, 0.3) is 0 Å². The summed E-state index contributed by atoms with van der Waals surface area (Å²) in [5.74, 6) is 0. The van der Waals surface area contributed by atoms with Gasteiger partial charge in [-0.3, -0.25) is 0 Å². The SMILES string of the molecule is CC(C)(C=O)c1cccc(N)c1. The number of rotatable bonds is 2. The lowest BCUT2D eigenvalue weighted by molar-refractivity contribution is -0.111. The number of carbonyl (C=O) groups excluding carboxylic acids is 1. The Morgan fingerprint density at radius 2 is 2.08 bits per heavy atom. The monoisotopic (exact) mass is 163 g/mol. The average molecular weight is 163 g/mol. The Morgan fingerprint density at radius 1 is 1.42 bits per heavy atom. The van der Waals surface area contributed by atoms with Crippen LogP contribution in [0.1, 0.15) is 19.4 Å². The third-order valence-corrected chi connectivity index (χ3v) is 1.93. The van der Waals surface area contributed by atoms with Gasteiger partial charge in [-0.25, -0.2) is 0 Å². The standard InChI is InChI=1S/C10H13NO/c1-10(2,7-12)8-4-3-5-9(11)6-8/h3-7H,11H2,1-2H3. The maximum Gasteiger partial charge on any atom is 0.129 e. The number of hydrogen-bond donors (Lipinski definition) is 1. The molecule has 0 fully saturated rings. The number of nitrogens with two attached hydrogens (primary N) is 1. The van der Waals surface area contributed by atoms with Crippen LogP contribution in [-0.2, 0) is 10.2 Å². The van der Waals surface area contributed by atoms with Gasteiger partial charge in [0, 0.05) is 11.1 Å². The molecule has 0 saturated carbocycles. The number of anilines is 1. The van der Waals surface area contributed by atoms with Crippen LogP contribution in [0.4, 0.5) is 5.69 Å². The second-order valence-corrected chi connectivity index (χ2v) is 3.47. The molecule has 2 nitrogen and oxygen atoms in total. The van der Waals surface area contributed by atoms with Crippen LogP contribution in [0.15, 0.2) is 24.3 Å². The highest BCUT2D eigenvalue weighted by atomic mass is 16.1. The van der Waals surface area contributed by atoms with E-state index in [1.165, 1.54) is 0 Å². The third-order valence-electron chi connectivity index (χ3n) is 1.93. The van der Waals surface area contributed by atoms with Crippen molar-refractivity contribution in [2.75, 3.05) is 5.73 Å². The first-order valence-electron chi connectivity index (χ1n) is 3.88. The van der Waals surface area contributed by atoms with E-state index in [2.05, 4.69) is 0 Å². The molecule has 1 aromatic carbocycles. The van der Waals surface area contributed by atoms with E-state index in [1.54, 1.807) is 0 Å². The molecule has 64 valence electrons. The number of aldehydes is 1. The number of nitrogen functional groups attached to an aromatic ring is 1. The second kappa shape index (κ2) is 2.97. The van der Waals surface area contributed by atoms with Gasteiger partial charge >= 0.3 is 0 Å². The van der Waals surface area contributed by atoms with Gasteiger partial charge in [-0.2, -0.15) is 0 Å². The van der Waals surface area contributed by atoms with E-state index >= 15 is 0 Å². The smallest absolute Gasteiger partial charge is 0.129 e. The predicted molar refractivity (Wildman–Crippen MR) is 49.9 cm³/mol. The normalized spacial score (nSPS) is 11.2. The molecule has 1 rings (SSSR count). The van der Waals surface area contributed by atoms with Crippen molar-refractivity contribution in [1.82, 2.24) is 0 Å². The van der Waals surface area contributed by atoms with Crippen molar-refractivity contribution >= 4 is 12.0 Å². The van der Waals surface area contributed by atoms with E-state index in [9.17, 15) is 4.79 Å². The molecule has 2 N–H and O–H groups in total. The van der Waals surface area contributed by atoms with Gasteiger partial charge in [0.1, 0.15) is 6.29 Å². The summed E-state index contributed by atoms with van der Waals surface area (Å²) in [6, 6.07) is 7.40. The third kappa shape index (κ3) is 1.64. The summed E-state index contributed by atoms with van der Waals surface area (Å²) < 4.78 is 0. The first-order valence-corrected chi connectivity index (χ1v) is 3.88. The lowest BCUT2D eigenvalue weighted by Gasteiger charge is -2.17. The van der Waals surface area contributed by atoms with E-state index < -0.39 is 5.41 Å². The molecule has 12 heavy (non-hydrogen) atoms. The van der Waals surface area contributed by atoms with Crippen LogP contribution in [-0.4, -0.2) is 6.29 Å². The van der Waals surface area contributed by atoms with E-state index in [0.717, 1.165) is 11.8 Å². The Kier molecular flexibility index (Phi) is 2.18. The first-order chi connectivity index (χ1) is 5.56. The van der Waals surface area contributed by atoms with Crippen molar-refractivity contribution in [2.24, 2.45) is 0 Å². The van der Waals surface area contributed by atoms with Crippen molar-refractivity contribution < 1.29 is 4.79 Å². The molecule has 0 amide bonds. The van der Waals surface area contributed by atoms with E-state index in [-0.39, 0.29) is 0 Å². The molecule has 0 unspecified atom stereocenters. The summed E-state index contributed by atoms with van der Waals surface area (Å²) in [5.41, 5.74) is 6.81. The van der Waals surface area contributed by atoms with Crippen LogP contribution in [0, 0.1) is 0 Å². The van der Waals surface area contributed by atoms with Crippen molar-refractivity contribution in [3.8, 4) is 0 Å². The molecule has 0 heterocycles. The molecule has 2 heteroatoms. The summed E-state index contributed by atoms with van der Waals surface area (Å²) in [7, 11) is 0. The fraction of sp³-hybridized carbons (Fsp3) is 0.300. The highest BCUT2D eigenvalue weighted by Crippen LogP contribution is 2.21. The van der Waals surface area contributed by atoms with Crippen LogP contribution < -0.4 is 5.73 Å². The van der Waals surface area contributed by atoms with Crippen LogP contribution in [0.2, 0.25) is 0 Å². The minimum absolute atomic E-state index is 0.435. The zero-order chi connectivity index (χ0) is 9.19. The molecule has 0 aromatic heterocycles. The quantitative estimate of drug-likeness (QED) is 0.533. The van der Waals surface area contributed by atoms with Crippen molar-refractivity contribution in [1.29, 1.82) is 0 Å². The Morgan fingerprint density at radius 3 is 2.58 bits per heavy atom. The zero-order valence-electron chi connectivity index (χ0n) is 7.37. The minimum atomic E-state index is -0.435. The van der Waals surface area contributed by atoms with Crippen LogP contribution >= 0.6 is 0 Å². The molecule has 0 aliphatic carbocycles. The Hall–Kier alpha value is -1.31. The summed E-state index contributed by atoms with van der Waals surface area (Å²) in [6.45, 7) is 3.74. The van der Waals surface area contributed by atoms with Gasteiger partial charge in [-0.1, -0.05) is 12.1 Å². The highest BCUT2D eigenvalue weighted by Gasteiger charge is 2.18. The molecular formula is C10H13NO. The van der Waals surface area contributed by atoms with Crippen LogP contribution in [0.3, 0.4) is 0 Å². The molecule has 0 saturated heterocycles. The Balaban J connectivity index is 3.11. The largest absolute Gasteiger partial charge is 0.399 e. The van der Waals surface area contributed by atoms with Gasteiger partial charge in [-0.15, -0.1) is 0 Å². The van der Waals surface area contributed by atoms with Crippen molar-refractivity contribution in [2.45, 2.75) is 19.3 Å². The van der Waals surface area contributed by atoms with Gasteiger partial charge in [0.05, 0.1) is 0 Å². The highest BCUT2D eigenvalue weighted by molar-refractivity contribution is 5.68. The van der Waals surface area contributed by atoms with Gasteiger partial charge < -0.3 is 10.5 Å².